The largest absolute Gasteiger partial charge is 0.481 e. The first kappa shape index (κ1) is 10.7. The summed E-state index contributed by atoms with van der Waals surface area (Å²) in [4.78, 5) is 10.8. The maximum absolute atomic E-state index is 10.8. The van der Waals surface area contributed by atoms with Crippen LogP contribution in [0.5, 0.6) is 0 Å². The van der Waals surface area contributed by atoms with Crippen molar-refractivity contribution >= 4 is 5.97 Å². The molecule has 2 aliphatic heterocycles. The van der Waals surface area contributed by atoms with Gasteiger partial charge in [0, 0.05) is 13.0 Å². The first-order valence-corrected chi connectivity index (χ1v) is 5.76. The second-order valence-electron chi connectivity index (χ2n) is 4.60. The van der Waals surface area contributed by atoms with E-state index in [1.807, 2.05) is 18.2 Å². The Kier molecular flexibility index (Phi) is 2.42. The number of hydrogen-bond donors (Lipinski definition) is 1. The summed E-state index contributed by atoms with van der Waals surface area (Å²) in [5.74, 6) is -0.804. The van der Waals surface area contributed by atoms with Crippen LogP contribution in [-0.4, -0.2) is 24.3 Å². The number of aliphatic carboxylic acids is 1. The molecule has 1 unspecified atom stereocenters. The van der Waals surface area contributed by atoms with Crippen molar-refractivity contribution in [1.82, 2.24) is 0 Å². The Balaban J connectivity index is 2.02. The van der Waals surface area contributed by atoms with Gasteiger partial charge in [-0.2, -0.15) is 0 Å². The van der Waals surface area contributed by atoms with Crippen molar-refractivity contribution in [3.05, 3.63) is 34.9 Å². The lowest BCUT2D eigenvalue weighted by Gasteiger charge is -2.21. The van der Waals surface area contributed by atoms with Gasteiger partial charge in [-0.25, -0.2) is 0 Å². The lowest BCUT2D eigenvalue weighted by Crippen LogP contribution is -2.25. The van der Waals surface area contributed by atoms with Crippen LogP contribution in [0.25, 0.3) is 0 Å². The van der Waals surface area contributed by atoms with Crippen LogP contribution < -0.4 is 0 Å². The van der Waals surface area contributed by atoms with E-state index in [1.165, 1.54) is 0 Å². The summed E-state index contributed by atoms with van der Waals surface area (Å²) in [5.41, 5.74) is 2.71. The van der Waals surface area contributed by atoms with Crippen molar-refractivity contribution in [3.63, 3.8) is 0 Å². The molecule has 4 nitrogen and oxygen atoms in total. The first-order valence-electron chi connectivity index (χ1n) is 5.76. The molecule has 1 spiro atoms. The summed E-state index contributed by atoms with van der Waals surface area (Å²) in [5, 5.41) is 8.89. The summed E-state index contributed by atoms with van der Waals surface area (Å²) in [6, 6.07) is 5.80. The molecular formula is C13H14O4. The topological polar surface area (TPSA) is 55.8 Å². The molecule has 17 heavy (non-hydrogen) atoms. The number of ether oxygens (including phenoxy) is 2. The lowest BCUT2D eigenvalue weighted by molar-refractivity contribution is -0.136. The molecule has 2 heterocycles. The fourth-order valence-electron chi connectivity index (χ4n) is 2.72. The van der Waals surface area contributed by atoms with Crippen molar-refractivity contribution in [3.8, 4) is 0 Å². The van der Waals surface area contributed by atoms with Crippen LogP contribution in [0.1, 0.15) is 23.1 Å². The molecule has 4 heteroatoms. The molecule has 1 N–H and O–H groups in total. The average molecular weight is 234 g/mol. The van der Waals surface area contributed by atoms with E-state index in [4.69, 9.17) is 14.6 Å². The maximum Gasteiger partial charge on any atom is 0.307 e. The highest BCUT2D eigenvalue weighted by Crippen LogP contribution is 2.43. The minimum absolute atomic E-state index is 0.0590. The molecule has 1 saturated heterocycles. The van der Waals surface area contributed by atoms with E-state index >= 15 is 0 Å². The summed E-state index contributed by atoms with van der Waals surface area (Å²) in [7, 11) is 0. The van der Waals surface area contributed by atoms with Crippen LogP contribution in [0.15, 0.2) is 18.2 Å². The van der Waals surface area contributed by atoms with Crippen molar-refractivity contribution in [2.45, 2.75) is 25.0 Å². The molecule has 0 amide bonds. The third-order valence-electron chi connectivity index (χ3n) is 3.58. The van der Waals surface area contributed by atoms with Gasteiger partial charge in [-0.05, 0) is 16.7 Å². The molecule has 1 fully saturated rings. The Morgan fingerprint density at radius 2 is 2.35 bits per heavy atom. The van der Waals surface area contributed by atoms with Gasteiger partial charge < -0.3 is 14.6 Å². The highest BCUT2D eigenvalue weighted by Gasteiger charge is 2.44. The quantitative estimate of drug-likeness (QED) is 0.841. The van der Waals surface area contributed by atoms with Gasteiger partial charge in [0.2, 0.25) is 0 Å². The van der Waals surface area contributed by atoms with Gasteiger partial charge in [0.25, 0.3) is 0 Å². The van der Waals surface area contributed by atoms with Crippen molar-refractivity contribution < 1.29 is 19.4 Å². The second-order valence-corrected chi connectivity index (χ2v) is 4.60. The standard InChI is InChI=1S/C13H14O4/c14-12(15)6-9-2-1-3-11-10(9)7-17-13(11)4-5-16-8-13/h1-3H,4-8H2,(H,14,15). The first-order chi connectivity index (χ1) is 8.21. The van der Waals surface area contributed by atoms with Gasteiger partial charge >= 0.3 is 5.97 Å². The number of rotatable bonds is 2. The third kappa shape index (κ3) is 1.64. The zero-order chi connectivity index (χ0) is 11.9. The third-order valence-corrected chi connectivity index (χ3v) is 3.58. The lowest BCUT2D eigenvalue weighted by atomic mass is 9.89. The van der Waals surface area contributed by atoms with Crippen LogP contribution in [0.2, 0.25) is 0 Å². The zero-order valence-electron chi connectivity index (χ0n) is 9.44. The van der Waals surface area contributed by atoms with Crippen LogP contribution in [0, 0.1) is 0 Å². The Hall–Kier alpha value is -1.39. The van der Waals surface area contributed by atoms with Crippen LogP contribution >= 0.6 is 0 Å². The number of hydrogen-bond acceptors (Lipinski definition) is 3. The molecule has 2 aliphatic rings. The van der Waals surface area contributed by atoms with E-state index < -0.39 is 5.97 Å². The van der Waals surface area contributed by atoms with E-state index in [-0.39, 0.29) is 12.0 Å². The number of benzene rings is 1. The normalized spacial score (nSPS) is 26.4. The Bertz CT molecular complexity index is 460. The van der Waals surface area contributed by atoms with Crippen molar-refractivity contribution in [2.75, 3.05) is 13.2 Å². The SMILES string of the molecule is O=C(O)Cc1cccc2c1COC21CCOC1. The second kappa shape index (κ2) is 3.82. The summed E-state index contributed by atoms with van der Waals surface area (Å²) in [6.45, 7) is 1.79. The molecule has 0 aliphatic carbocycles. The highest BCUT2D eigenvalue weighted by molar-refractivity contribution is 5.71. The fraction of sp³-hybridized carbons (Fsp3) is 0.462. The number of carbonyl (C=O) groups is 1. The predicted molar refractivity (Wildman–Crippen MR) is 59.7 cm³/mol. The molecular weight excluding hydrogens is 220 g/mol. The highest BCUT2D eigenvalue weighted by atomic mass is 16.6. The molecule has 1 aromatic carbocycles. The Labute approximate surface area is 99.2 Å². The molecule has 0 saturated carbocycles. The van der Waals surface area contributed by atoms with Gasteiger partial charge in [-0.3, -0.25) is 4.79 Å². The monoisotopic (exact) mass is 234 g/mol. The van der Waals surface area contributed by atoms with Crippen LogP contribution in [-0.2, 0) is 32.9 Å². The van der Waals surface area contributed by atoms with Crippen molar-refractivity contribution in [1.29, 1.82) is 0 Å². The van der Waals surface area contributed by atoms with E-state index in [0.717, 1.165) is 23.1 Å². The van der Waals surface area contributed by atoms with Crippen molar-refractivity contribution in [2.24, 2.45) is 0 Å². The minimum Gasteiger partial charge on any atom is -0.481 e. The predicted octanol–water partition coefficient (Wildman–Crippen LogP) is 1.46. The molecule has 0 aromatic heterocycles. The summed E-state index contributed by atoms with van der Waals surface area (Å²) >= 11 is 0. The van der Waals surface area contributed by atoms with E-state index in [0.29, 0.717) is 19.8 Å². The molecule has 1 atom stereocenters. The fourth-order valence-corrected chi connectivity index (χ4v) is 2.72. The Morgan fingerprint density at radius 1 is 1.47 bits per heavy atom. The number of carboxylic acid groups (broad SMARTS) is 1. The summed E-state index contributed by atoms with van der Waals surface area (Å²) in [6.07, 6.45) is 0.917. The van der Waals surface area contributed by atoms with E-state index in [2.05, 4.69) is 0 Å². The molecule has 3 rings (SSSR count). The van der Waals surface area contributed by atoms with Gasteiger partial charge in [-0.1, -0.05) is 18.2 Å². The minimum atomic E-state index is -0.804. The number of fused-ring (bicyclic) bond motifs is 2. The molecule has 0 radical (unpaired) electrons. The maximum atomic E-state index is 10.8. The Morgan fingerprint density at radius 3 is 3.06 bits per heavy atom. The zero-order valence-corrected chi connectivity index (χ0v) is 9.44. The van der Waals surface area contributed by atoms with Gasteiger partial charge in [0.1, 0.15) is 5.60 Å². The summed E-state index contributed by atoms with van der Waals surface area (Å²) < 4.78 is 11.3. The smallest absolute Gasteiger partial charge is 0.307 e. The van der Waals surface area contributed by atoms with Crippen LogP contribution in [0.3, 0.4) is 0 Å². The van der Waals surface area contributed by atoms with E-state index in [9.17, 15) is 4.79 Å². The van der Waals surface area contributed by atoms with Gasteiger partial charge in [0.05, 0.1) is 19.6 Å². The molecule has 1 aromatic rings. The van der Waals surface area contributed by atoms with E-state index in [1.54, 1.807) is 0 Å². The number of carboxylic acids is 1. The van der Waals surface area contributed by atoms with Gasteiger partial charge in [-0.15, -0.1) is 0 Å². The molecule has 90 valence electrons. The van der Waals surface area contributed by atoms with Gasteiger partial charge in [0.15, 0.2) is 0 Å². The van der Waals surface area contributed by atoms with Crippen LogP contribution in [0.4, 0.5) is 0 Å². The average Bonchev–Trinajstić information content (AvgIpc) is 2.89. The molecule has 0 bridgehead atoms.